The Kier molecular flexibility index (Phi) is 6.42. The summed E-state index contributed by atoms with van der Waals surface area (Å²) in [6, 6.07) is 2.59. The number of benzene rings is 1. The van der Waals surface area contributed by atoms with Crippen LogP contribution in [-0.4, -0.2) is 36.6 Å². The van der Waals surface area contributed by atoms with Crippen molar-refractivity contribution in [3.8, 4) is 0 Å². The van der Waals surface area contributed by atoms with Crippen molar-refractivity contribution in [1.82, 2.24) is 10.6 Å². The molecule has 0 unspecified atom stereocenters. The second kappa shape index (κ2) is 7.84. The van der Waals surface area contributed by atoms with Gasteiger partial charge in [-0.1, -0.05) is 13.8 Å². The summed E-state index contributed by atoms with van der Waals surface area (Å²) in [5.74, 6) is -2.98. The van der Waals surface area contributed by atoms with Gasteiger partial charge in [0, 0.05) is 19.2 Å². The van der Waals surface area contributed by atoms with Gasteiger partial charge < -0.3 is 15.7 Å². The van der Waals surface area contributed by atoms with Gasteiger partial charge in [-0.3, -0.25) is 9.59 Å². The Hall–Kier alpha value is -2.02. The van der Waals surface area contributed by atoms with Gasteiger partial charge in [-0.05, 0) is 24.0 Å². The van der Waals surface area contributed by atoms with Crippen LogP contribution in [0.5, 0.6) is 0 Å². The van der Waals surface area contributed by atoms with Crippen molar-refractivity contribution in [1.29, 1.82) is 0 Å². The molecule has 0 aliphatic carbocycles. The van der Waals surface area contributed by atoms with Gasteiger partial charge in [-0.2, -0.15) is 0 Å². The molecule has 7 heteroatoms. The van der Waals surface area contributed by atoms with E-state index in [-0.39, 0.29) is 24.1 Å². The van der Waals surface area contributed by atoms with Gasteiger partial charge in [0.2, 0.25) is 5.91 Å². The molecule has 3 N–H and O–H groups in total. The third-order valence-corrected chi connectivity index (χ3v) is 3.14. The molecule has 0 atom stereocenters. The van der Waals surface area contributed by atoms with Crippen LogP contribution in [0.1, 0.15) is 30.6 Å². The Balaban J connectivity index is 2.45. The van der Waals surface area contributed by atoms with Crippen molar-refractivity contribution in [3.63, 3.8) is 0 Å². The zero-order valence-electron chi connectivity index (χ0n) is 12.6. The molecule has 22 heavy (non-hydrogen) atoms. The van der Waals surface area contributed by atoms with E-state index in [2.05, 4.69) is 10.6 Å². The molecule has 0 spiro atoms. The third kappa shape index (κ3) is 5.77. The first-order valence-electron chi connectivity index (χ1n) is 6.86. The van der Waals surface area contributed by atoms with E-state index >= 15 is 0 Å². The minimum Gasteiger partial charge on any atom is -0.396 e. The fourth-order valence-corrected chi connectivity index (χ4v) is 1.72. The fourth-order valence-electron chi connectivity index (χ4n) is 1.72. The van der Waals surface area contributed by atoms with Gasteiger partial charge >= 0.3 is 0 Å². The number of nitrogens with one attached hydrogen (secondary N) is 2. The van der Waals surface area contributed by atoms with Crippen LogP contribution in [0.4, 0.5) is 8.78 Å². The summed E-state index contributed by atoms with van der Waals surface area (Å²) in [4.78, 5) is 23.3. The van der Waals surface area contributed by atoms with Gasteiger partial charge in [0.1, 0.15) is 11.6 Å². The standard InChI is InChI=1S/C15H20F2N2O3/c1-15(2,5-6-20)9-19-13(21)8-18-14(22)11-4-3-10(16)7-12(11)17/h3-4,7,20H,5-6,8-9H2,1-2H3,(H,18,22)(H,19,21). The normalized spacial score (nSPS) is 11.1. The first-order chi connectivity index (χ1) is 10.2. The van der Waals surface area contributed by atoms with Crippen LogP contribution < -0.4 is 10.6 Å². The molecular formula is C15H20F2N2O3. The lowest BCUT2D eigenvalue weighted by Crippen LogP contribution is -2.41. The molecule has 0 aliphatic rings. The Morgan fingerprint density at radius 2 is 1.91 bits per heavy atom. The second-order valence-electron chi connectivity index (χ2n) is 5.72. The lowest BCUT2D eigenvalue weighted by molar-refractivity contribution is -0.120. The highest BCUT2D eigenvalue weighted by Crippen LogP contribution is 2.17. The number of aliphatic hydroxyl groups excluding tert-OH is 1. The predicted octanol–water partition coefficient (Wildman–Crippen LogP) is 1.22. The predicted molar refractivity (Wildman–Crippen MR) is 77.2 cm³/mol. The van der Waals surface area contributed by atoms with E-state index in [1.807, 2.05) is 13.8 Å². The maximum Gasteiger partial charge on any atom is 0.254 e. The van der Waals surface area contributed by atoms with Crippen LogP contribution in [0.2, 0.25) is 0 Å². The van der Waals surface area contributed by atoms with Crippen molar-refractivity contribution in [2.24, 2.45) is 5.41 Å². The largest absolute Gasteiger partial charge is 0.396 e. The summed E-state index contributed by atoms with van der Waals surface area (Å²) in [7, 11) is 0. The smallest absolute Gasteiger partial charge is 0.254 e. The quantitative estimate of drug-likeness (QED) is 0.708. The van der Waals surface area contributed by atoms with Gasteiger partial charge in [-0.15, -0.1) is 0 Å². The molecule has 0 bridgehead atoms. The molecule has 0 aliphatic heterocycles. The molecule has 0 saturated heterocycles. The summed E-state index contributed by atoms with van der Waals surface area (Å²) in [5.41, 5.74) is -0.591. The summed E-state index contributed by atoms with van der Waals surface area (Å²) < 4.78 is 26.1. The number of rotatable bonds is 7. The minimum atomic E-state index is -0.984. The third-order valence-electron chi connectivity index (χ3n) is 3.14. The van der Waals surface area contributed by atoms with Crippen LogP contribution in [0, 0.1) is 17.0 Å². The molecule has 1 aromatic carbocycles. The van der Waals surface area contributed by atoms with Crippen LogP contribution in [0.15, 0.2) is 18.2 Å². The van der Waals surface area contributed by atoms with E-state index in [1.165, 1.54) is 0 Å². The van der Waals surface area contributed by atoms with E-state index < -0.39 is 23.4 Å². The van der Waals surface area contributed by atoms with Gasteiger partial charge in [0.05, 0.1) is 12.1 Å². The van der Waals surface area contributed by atoms with Crippen molar-refractivity contribution in [3.05, 3.63) is 35.4 Å². The van der Waals surface area contributed by atoms with Crippen molar-refractivity contribution in [2.45, 2.75) is 20.3 Å². The monoisotopic (exact) mass is 314 g/mol. The maximum atomic E-state index is 13.4. The molecule has 0 radical (unpaired) electrons. The molecule has 2 amide bonds. The lowest BCUT2D eigenvalue weighted by atomic mass is 9.90. The highest BCUT2D eigenvalue weighted by Gasteiger charge is 2.18. The zero-order valence-corrected chi connectivity index (χ0v) is 12.6. The SMILES string of the molecule is CC(C)(CCO)CNC(=O)CNC(=O)c1ccc(F)cc1F. The van der Waals surface area contributed by atoms with Gasteiger partial charge in [0.15, 0.2) is 0 Å². The Labute approximate surface area is 127 Å². The van der Waals surface area contributed by atoms with E-state index in [0.29, 0.717) is 19.0 Å². The van der Waals surface area contributed by atoms with E-state index in [0.717, 1.165) is 12.1 Å². The van der Waals surface area contributed by atoms with Crippen molar-refractivity contribution in [2.75, 3.05) is 19.7 Å². The Bertz CT molecular complexity index is 548. The van der Waals surface area contributed by atoms with Crippen LogP contribution in [-0.2, 0) is 4.79 Å². The number of aliphatic hydroxyl groups is 1. The molecular weight excluding hydrogens is 294 g/mol. The number of carbonyl (C=O) groups is 2. The van der Waals surface area contributed by atoms with Crippen LogP contribution in [0.3, 0.4) is 0 Å². The number of amides is 2. The van der Waals surface area contributed by atoms with Crippen molar-refractivity contribution < 1.29 is 23.5 Å². The lowest BCUT2D eigenvalue weighted by Gasteiger charge is -2.23. The number of carbonyl (C=O) groups excluding carboxylic acids is 2. The minimum absolute atomic E-state index is 0.0173. The molecule has 0 fully saturated rings. The summed E-state index contributed by atoms with van der Waals surface area (Å²) in [5, 5.41) is 13.8. The van der Waals surface area contributed by atoms with Crippen LogP contribution >= 0.6 is 0 Å². The molecule has 1 aromatic rings. The zero-order chi connectivity index (χ0) is 16.8. The van der Waals surface area contributed by atoms with E-state index in [1.54, 1.807) is 0 Å². The molecule has 1 rings (SSSR count). The van der Waals surface area contributed by atoms with E-state index in [4.69, 9.17) is 5.11 Å². The Morgan fingerprint density at radius 3 is 2.50 bits per heavy atom. The highest BCUT2D eigenvalue weighted by atomic mass is 19.1. The molecule has 0 saturated carbocycles. The van der Waals surface area contributed by atoms with Crippen molar-refractivity contribution >= 4 is 11.8 Å². The van der Waals surface area contributed by atoms with Gasteiger partial charge in [-0.25, -0.2) is 8.78 Å². The number of hydrogen-bond acceptors (Lipinski definition) is 3. The second-order valence-corrected chi connectivity index (χ2v) is 5.72. The first-order valence-corrected chi connectivity index (χ1v) is 6.86. The maximum absolute atomic E-state index is 13.4. The summed E-state index contributed by atoms with van der Waals surface area (Å²) in [6.07, 6.45) is 0.528. The Morgan fingerprint density at radius 1 is 1.23 bits per heavy atom. The molecule has 0 heterocycles. The summed E-state index contributed by atoms with van der Waals surface area (Å²) in [6.45, 7) is 3.81. The average Bonchev–Trinajstić information content (AvgIpc) is 2.42. The first kappa shape index (κ1) is 18.0. The van der Waals surface area contributed by atoms with Crippen LogP contribution in [0.25, 0.3) is 0 Å². The molecule has 5 nitrogen and oxygen atoms in total. The number of hydrogen-bond donors (Lipinski definition) is 3. The fraction of sp³-hybridized carbons (Fsp3) is 0.467. The summed E-state index contributed by atoms with van der Waals surface area (Å²) >= 11 is 0. The molecule has 122 valence electrons. The topological polar surface area (TPSA) is 78.4 Å². The highest BCUT2D eigenvalue weighted by molar-refractivity contribution is 5.96. The van der Waals surface area contributed by atoms with E-state index in [9.17, 15) is 18.4 Å². The average molecular weight is 314 g/mol. The van der Waals surface area contributed by atoms with Gasteiger partial charge in [0.25, 0.3) is 5.91 Å². The molecule has 0 aromatic heterocycles. The number of halogens is 2.